The van der Waals surface area contributed by atoms with Crippen LogP contribution >= 0.6 is 0 Å². The number of aromatic nitrogens is 4. The fourth-order valence-electron chi connectivity index (χ4n) is 2.84. The van der Waals surface area contributed by atoms with E-state index in [1.165, 1.54) is 0 Å². The maximum Gasteiger partial charge on any atom is 0.272 e. The van der Waals surface area contributed by atoms with Crippen LogP contribution in [0, 0.1) is 6.92 Å². The minimum Gasteiger partial charge on any atom is -0.377 e. The number of nitrogens with zero attached hydrogens (tertiary/aromatic N) is 4. The normalized spacial score (nSPS) is 17.6. The van der Waals surface area contributed by atoms with Crippen molar-refractivity contribution >= 4 is 5.91 Å². The molecule has 25 heavy (non-hydrogen) atoms. The number of hydrogen-bond acceptors (Lipinski definition) is 6. The summed E-state index contributed by atoms with van der Waals surface area (Å²) in [6.45, 7) is 2.98. The summed E-state index contributed by atoms with van der Waals surface area (Å²) >= 11 is 0. The van der Waals surface area contributed by atoms with Gasteiger partial charge >= 0.3 is 0 Å². The standard InChI is InChI=1S/C17H17N5O3/c1-11-18-16(25-21-11)15-10-24-8-7-22(15)17(23)14-9-13(19-20-14)12-5-3-2-4-6-12/h2-6,9,15H,7-8,10H2,1H3,(H,19,20). The van der Waals surface area contributed by atoms with Crippen LogP contribution in [0.15, 0.2) is 40.9 Å². The Labute approximate surface area is 143 Å². The minimum atomic E-state index is -0.397. The van der Waals surface area contributed by atoms with Crippen molar-refractivity contribution in [3.05, 3.63) is 53.8 Å². The Hall–Kier alpha value is -3.00. The molecule has 128 valence electrons. The summed E-state index contributed by atoms with van der Waals surface area (Å²) in [5, 5.41) is 10.9. The summed E-state index contributed by atoms with van der Waals surface area (Å²) in [6, 6.07) is 11.1. The van der Waals surface area contributed by atoms with Crippen LogP contribution in [0.3, 0.4) is 0 Å². The Morgan fingerprint density at radius 3 is 2.92 bits per heavy atom. The van der Waals surface area contributed by atoms with Gasteiger partial charge in [0.2, 0.25) is 0 Å². The Bertz CT molecular complexity index is 873. The predicted octanol–water partition coefficient (Wildman–Crippen LogP) is 1.98. The highest BCUT2D eigenvalue weighted by atomic mass is 16.5. The number of hydrogen-bond donors (Lipinski definition) is 1. The highest BCUT2D eigenvalue weighted by molar-refractivity contribution is 5.93. The average molecular weight is 339 g/mol. The lowest BCUT2D eigenvalue weighted by Gasteiger charge is -2.32. The molecular formula is C17H17N5O3. The van der Waals surface area contributed by atoms with E-state index in [0.29, 0.717) is 37.2 Å². The maximum absolute atomic E-state index is 12.9. The first-order valence-corrected chi connectivity index (χ1v) is 8.02. The van der Waals surface area contributed by atoms with Crippen molar-refractivity contribution in [2.24, 2.45) is 0 Å². The summed E-state index contributed by atoms with van der Waals surface area (Å²) in [5.41, 5.74) is 2.09. The molecular weight excluding hydrogens is 322 g/mol. The van der Waals surface area contributed by atoms with E-state index in [-0.39, 0.29) is 5.91 Å². The summed E-state index contributed by atoms with van der Waals surface area (Å²) < 4.78 is 10.7. The number of amides is 1. The molecule has 0 aliphatic carbocycles. The molecule has 1 N–H and O–H groups in total. The van der Waals surface area contributed by atoms with Crippen molar-refractivity contribution in [1.29, 1.82) is 0 Å². The molecule has 0 spiro atoms. The lowest BCUT2D eigenvalue weighted by molar-refractivity contribution is -0.0122. The molecule has 8 heteroatoms. The minimum absolute atomic E-state index is 0.168. The lowest BCUT2D eigenvalue weighted by atomic mass is 10.1. The number of nitrogens with one attached hydrogen (secondary N) is 1. The van der Waals surface area contributed by atoms with Gasteiger partial charge in [-0.25, -0.2) is 0 Å². The van der Waals surface area contributed by atoms with Gasteiger partial charge in [0, 0.05) is 12.1 Å². The molecule has 1 atom stereocenters. The third-order valence-electron chi connectivity index (χ3n) is 4.10. The largest absolute Gasteiger partial charge is 0.377 e. The molecule has 0 radical (unpaired) electrons. The van der Waals surface area contributed by atoms with Gasteiger partial charge in [0.1, 0.15) is 11.7 Å². The van der Waals surface area contributed by atoms with Crippen LogP contribution in [0.4, 0.5) is 0 Å². The van der Waals surface area contributed by atoms with Crippen LogP contribution in [0.25, 0.3) is 11.3 Å². The number of H-pyrrole nitrogens is 1. The second-order valence-electron chi connectivity index (χ2n) is 5.80. The first-order chi connectivity index (χ1) is 12.2. The molecule has 3 heterocycles. The second-order valence-corrected chi connectivity index (χ2v) is 5.80. The molecule has 1 saturated heterocycles. The lowest BCUT2D eigenvalue weighted by Crippen LogP contribution is -2.43. The van der Waals surface area contributed by atoms with Gasteiger partial charge in [0.15, 0.2) is 5.82 Å². The van der Waals surface area contributed by atoms with Crippen molar-refractivity contribution in [2.75, 3.05) is 19.8 Å². The maximum atomic E-state index is 12.9. The van der Waals surface area contributed by atoms with Crippen LogP contribution in [0.5, 0.6) is 0 Å². The molecule has 8 nitrogen and oxygen atoms in total. The number of carbonyl (C=O) groups is 1. The average Bonchev–Trinajstić information content (AvgIpc) is 3.31. The monoisotopic (exact) mass is 339 g/mol. The number of carbonyl (C=O) groups excluding carboxylic acids is 1. The summed E-state index contributed by atoms with van der Waals surface area (Å²) in [4.78, 5) is 18.9. The number of aromatic amines is 1. The molecule has 4 rings (SSSR count). The Kier molecular flexibility index (Phi) is 4.02. The smallest absolute Gasteiger partial charge is 0.272 e. The summed E-state index contributed by atoms with van der Waals surface area (Å²) in [7, 11) is 0. The van der Waals surface area contributed by atoms with Gasteiger partial charge in [-0.15, -0.1) is 0 Å². The molecule has 2 aromatic heterocycles. The predicted molar refractivity (Wildman–Crippen MR) is 87.7 cm³/mol. The van der Waals surface area contributed by atoms with Crippen molar-refractivity contribution < 1.29 is 14.1 Å². The van der Waals surface area contributed by atoms with E-state index in [2.05, 4.69) is 20.3 Å². The zero-order valence-electron chi connectivity index (χ0n) is 13.7. The van der Waals surface area contributed by atoms with E-state index in [1.807, 2.05) is 30.3 Å². The molecule has 0 bridgehead atoms. The number of ether oxygens (including phenoxy) is 1. The highest BCUT2D eigenvalue weighted by Gasteiger charge is 2.34. The number of morpholine rings is 1. The quantitative estimate of drug-likeness (QED) is 0.784. The van der Waals surface area contributed by atoms with Crippen LogP contribution in [-0.2, 0) is 4.74 Å². The van der Waals surface area contributed by atoms with E-state index >= 15 is 0 Å². The van der Waals surface area contributed by atoms with Crippen LogP contribution < -0.4 is 0 Å². The van der Waals surface area contributed by atoms with Gasteiger partial charge in [-0.3, -0.25) is 9.89 Å². The van der Waals surface area contributed by atoms with Crippen molar-refractivity contribution in [2.45, 2.75) is 13.0 Å². The van der Waals surface area contributed by atoms with Gasteiger partial charge in [0.25, 0.3) is 11.8 Å². The van der Waals surface area contributed by atoms with Crippen LogP contribution in [-0.4, -0.2) is 50.9 Å². The fraction of sp³-hybridized carbons (Fsp3) is 0.294. The molecule has 1 unspecified atom stereocenters. The topological polar surface area (TPSA) is 97.1 Å². The summed E-state index contributed by atoms with van der Waals surface area (Å²) in [5.74, 6) is 0.744. The van der Waals surface area contributed by atoms with Crippen molar-refractivity contribution in [1.82, 2.24) is 25.2 Å². The Morgan fingerprint density at radius 1 is 1.32 bits per heavy atom. The number of aryl methyl sites for hydroxylation is 1. The number of rotatable bonds is 3. The third-order valence-corrected chi connectivity index (χ3v) is 4.10. The SMILES string of the molecule is Cc1noc(C2COCCN2C(=O)c2cc(-c3ccccc3)n[nH]2)n1. The molecule has 1 amide bonds. The zero-order valence-corrected chi connectivity index (χ0v) is 13.7. The summed E-state index contributed by atoms with van der Waals surface area (Å²) in [6.07, 6.45) is 0. The van der Waals surface area contributed by atoms with E-state index in [4.69, 9.17) is 9.26 Å². The molecule has 1 fully saturated rings. The van der Waals surface area contributed by atoms with Crippen molar-refractivity contribution in [3.63, 3.8) is 0 Å². The van der Waals surface area contributed by atoms with Gasteiger partial charge in [-0.05, 0) is 13.0 Å². The molecule has 1 aliphatic heterocycles. The van der Waals surface area contributed by atoms with Gasteiger partial charge < -0.3 is 14.2 Å². The van der Waals surface area contributed by atoms with E-state index in [0.717, 1.165) is 11.3 Å². The first kappa shape index (κ1) is 15.5. The van der Waals surface area contributed by atoms with Crippen LogP contribution in [0.2, 0.25) is 0 Å². The van der Waals surface area contributed by atoms with Gasteiger partial charge in [0.05, 0.1) is 18.9 Å². The van der Waals surface area contributed by atoms with E-state index in [9.17, 15) is 4.79 Å². The van der Waals surface area contributed by atoms with E-state index in [1.54, 1.807) is 17.9 Å². The Morgan fingerprint density at radius 2 is 2.16 bits per heavy atom. The molecule has 1 aliphatic rings. The van der Waals surface area contributed by atoms with Gasteiger partial charge in [-0.2, -0.15) is 10.1 Å². The molecule has 0 saturated carbocycles. The van der Waals surface area contributed by atoms with E-state index < -0.39 is 6.04 Å². The fourth-order valence-corrected chi connectivity index (χ4v) is 2.84. The third kappa shape index (κ3) is 3.03. The number of benzene rings is 1. The molecule has 3 aromatic rings. The Balaban J connectivity index is 1.60. The second kappa shape index (κ2) is 6.48. The zero-order chi connectivity index (χ0) is 17.2. The van der Waals surface area contributed by atoms with Gasteiger partial charge in [-0.1, -0.05) is 35.5 Å². The van der Waals surface area contributed by atoms with Crippen molar-refractivity contribution in [3.8, 4) is 11.3 Å². The van der Waals surface area contributed by atoms with Crippen LogP contribution in [0.1, 0.15) is 28.2 Å². The molecule has 1 aromatic carbocycles. The first-order valence-electron chi connectivity index (χ1n) is 8.02. The highest BCUT2D eigenvalue weighted by Crippen LogP contribution is 2.25.